The fraction of sp³-hybridized carbons (Fsp3) is 0.357. The van der Waals surface area contributed by atoms with Crippen molar-refractivity contribution in [1.82, 2.24) is 10.3 Å². The number of hydrogen-bond donors (Lipinski definition) is 1. The third-order valence-electron chi connectivity index (χ3n) is 7.34. The highest BCUT2D eigenvalue weighted by molar-refractivity contribution is 5.84. The van der Waals surface area contributed by atoms with E-state index < -0.39 is 0 Å². The second-order valence-electron chi connectivity index (χ2n) is 9.59. The van der Waals surface area contributed by atoms with Gasteiger partial charge in [0, 0.05) is 23.2 Å². The summed E-state index contributed by atoms with van der Waals surface area (Å²) in [7, 11) is 0. The fourth-order valence-corrected chi connectivity index (χ4v) is 5.53. The predicted molar refractivity (Wildman–Crippen MR) is 127 cm³/mol. The van der Waals surface area contributed by atoms with Crippen LogP contribution >= 0.6 is 0 Å². The van der Waals surface area contributed by atoms with Crippen molar-refractivity contribution in [2.24, 2.45) is 23.7 Å². The van der Waals surface area contributed by atoms with Crippen molar-refractivity contribution in [3.63, 3.8) is 0 Å². The quantitative estimate of drug-likeness (QED) is 0.459. The summed E-state index contributed by atoms with van der Waals surface area (Å²) in [5.41, 5.74) is 2.41. The third kappa shape index (κ3) is 4.67. The van der Waals surface area contributed by atoms with E-state index in [1.54, 1.807) is 30.5 Å². The Morgan fingerprint density at radius 2 is 1.82 bits per heavy atom. The number of carbonyl (C=O) groups excluding carboxylic acids is 1. The second kappa shape index (κ2) is 9.16. The molecule has 2 aromatic carbocycles. The van der Waals surface area contributed by atoms with E-state index in [9.17, 15) is 13.6 Å². The monoisotopic (exact) mass is 462 g/mol. The Hall–Kier alpha value is -3.28. The van der Waals surface area contributed by atoms with Gasteiger partial charge in [-0.25, -0.2) is 8.78 Å². The van der Waals surface area contributed by atoms with E-state index in [-0.39, 0.29) is 29.6 Å². The SMILES string of the molecule is C=C(CCc1ccc(F)cc1)NC(=O)C(C)[C@H]1[C@@H]2C[C@@H](Oc3ccnc4ccc(F)cc34)C[C@@H]21. The summed E-state index contributed by atoms with van der Waals surface area (Å²) >= 11 is 0. The Morgan fingerprint density at radius 1 is 1.12 bits per heavy atom. The lowest BCUT2D eigenvalue weighted by molar-refractivity contribution is -0.124. The average molecular weight is 463 g/mol. The Bertz CT molecular complexity index is 1210. The van der Waals surface area contributed by atoms with Crippen LogP contribution in [0.25, 0.3) is 10.9 Å². The summed E-state index contributed by atoms with van der Waals surface area (Å²) in [5.74, 6) is 1.33. The van der Waals surface area contributed by atoms with Gasteiger partial charge in [-0.05, 0) is 85.4 Å². The number of benzene rings is 2. The highest BCUT2D eigenvalue weighted by Gasteiger charge is 2.59. The molecule has 1 N–H and O–H groups in total. The van der Waals surface area contributed by atoms with Crippen molar-refractivity contribution in [2.45, 2.75) is 38.7 Å². The Labute approximate surface area is 198 Å². The summed E-state index contributed by atoms with van der Waals surface area (Å²) in [6, 6.07) is 12.7. The number of nitrogens with one attached hydrogen (secondary N) is 1. The number of fused-ring (bicyclic) bond motifs is 2. The van der Waals surface area contributed by atoms with Crippen LogP contribution in [0, 0.1) is 35.3 Å². The van der Waals surface area contributed by atoms with Crippen molar-refractivity contribution < 1.29 is 18.3 Å². The van der Waals surface area contributed by atoms with Crippen LogP contribution in [0.1, 0.15) is 31.7 Å². The predicted octanol–water partition coefficient (Wildman–Crippen LogP) is 5.82. The molecule has 1 heterocycles. The van der Waals surface area contributed by atoms with Crippen LogP contribution in [0.3, 0.4) is 0 Å². The molecule has 1 aromatic heterocycles. The third-order valence-corrected chi connectivity index (χ3v) is 7.34. The number of nitrogens with zero attached hydrogens (tertiary/aromatic N) is 1. The highest BCUT2D eigenvalue weighted by atomic mass is 19.1. The zero-order chi connectivity index (χ0) is 23.8. The van der Waals surface area contributed by atoms with Gasteiger partial charge in [-0.1, -0.05) is 25.6 Å². The number of hydrogen-bond acceptors (Lipinski definition) is 3. The van der Waals surface area contributed by atoms with Gasteiger partial charge < -0.3 is 10.1 Å². The van der Waals surface area contributed by atoms with Crippen LogP contribution in [-0.2, 0) is 11.2 Å². The largest absolute Gasteiger partial charge is 0.490 e. The molecule has 2 fully saturated rings. The standard InChI is InChI=1S/C28H28F2N2O2/c1-16(3-4-18-5-7-19(29)8-6-18)32-28(33)17(2)27-22-14-21(15-23(22)27)34-26-11-12-31-25-10-9-20(30)13-24(25)26/h5-13,17,21-23,27H,1,3-4,14-15H2,2H3,(H,32,33)/t17?,21-,22-,23+,27+. The summed E-state index contributed by atoms with van der Waals surface area (Å²) in [6.07, 6.45) is 4.88. The van der Waals surface area contributed by atoms with Gasteiger partial charge >= 0.3 is 0 Å². The number of pyridine rings is 1. The number of ether oxygens (including phenoxy) is 1. The molecule has 5 rings (SSSR count). The average Bonchev–Trinajstić information content (AvgIpc) is 3.32. The van der Waals surface area contributed by atoms with E-state index in [1.807, 2.05) is 6.92 Å². The number of allylic oxidation sites excluding steroid dienone is 1. The van der Waals surface area contributed by atoms with Gasteiger partial charge in [0.05, 0.1) is 11.6 Å². The number of halogens is 2. The molecule has 1 amide bonds. The molecular formula is C28H28F2N2O2. The van der Waals surface area contributed by atoms with Gasteiger partial charge in [-0.15, -0.1) is 0 Å². The number of carbonyl (C=O) groups is 1. The van der Waals surface area contributed by atoms with Gasteiger partial charge in [0.25, 0.3) is 0 Å². The molecule has 2 saturated carbocycles. The normalized spacial score (nSPS) is 23.9. The van der Waals surface area contributed by atoms with Gasteiger partial charge in [0.15, 0.2) is 0 Å². The molecular weight excluding hydrogens is 434 g/mol. The van der Waals surface area contributed by atoms with Crippen molar-refractivity contribution in [3.05, 3.63) is 84.2 Å². The number of amides is 1. The van der Waals surface area contributed by atoms with E-state index in [0.29, 0.717) is 52.9 Å². The fourth-order valence-electron chi connectivity index (χ4n) is 5.53. The van der Waals surface area contributed by atoms with Gasteiger partial charge in [-0.3, -0.25) is 9.78 Å². The highest BCUT2D eigenvalue weighted by Crippen LogP contribution is 2.61. The van der Waals surface area contributed by atoms with E-state index in [0.717, 1.165) is 18.4 Å². The molecule has 4 nitrogen and oxygen atoms in total. The van der Waals surface area contributed by atoms with Crippen LogP contribution in [-0.4, -0.2) is 17.0 Å². The summed E-state index contributed by atoms with van der Waals surface area (Å²) in [4.78, 5) is 17.1. The number of aryl methyl sites for hydroxylation is 1. The molecule has 2 aliphatic carbocycles. The minimum Gasteiger partial charge on any atom is -0.490 e. The Kier molecular flexibility index (Phi) is 6.07. The Balaban J connectivity index is 1.10. The summed E-state index contributed by atoms with van der Waals surface area (Å²) in [6.45, 7) is 5.98. The van der Waals surface area contributed by atoms with Crippen LogP contribution in [0.4, 0.5) is 8.78 Å². The molecule has 176 valence electrons. The molecule has 0 radical (unpaired) electrons. The topological polar surface area (TPSA) is 51.2 Å². The van der Waals surface area contributed by atoms with Crippen molar-refractivity contribution in [2.75, 3.05) is 0 Å². The molecule has 5 atom stereocenters. The van der Waals surface area contributed by atoms with E-state index >= 15 is 0 Å². The minimum absolute atomic E-state index is 0.0107. The van der Waals surface area contributed by atoms with Gasteiger partial charge in [0.2, 0.25) is 5.91 Å². The molecule has 0 spiro atoms. The molecule has 6 heteroatoms. The molecule has 1 unspecified atom stereocenters. The second-order valence-corrected chi connectivity index (χ2v) is 9.59. The minimum atomic E-state index is -0.307. The zero-order valence-electron chi connectivity index (χ0n) is 19.1. The summed E-state index contributed by atoms with van der Waals surface area (Å²) < 4.78 is 33.0. The number of aromatic nitrogens is 1. The van der Waals surface area contributed by atoms with Crippen molar-refractivity contribution in [3.8, 4) is 5.75 Å². The van der Waals surface area contributed by atoms with E-state index in [2.05, 4.69) is 16.9 Å². The lowest BCUT2D eigenvalue weighted by atomic mass is 9.96. The molecule has 2 aliphatic rings. The maximum atomic E-state index is 13.7. The first kappa shape index (κ1) is 22.5. The molecule has 0 bridgehead atoms. The van der Waals surface area contributed by atoms with Crippen LogP contribution in [0.15, 0.2) is 67.0 Å². The lowest BCUT2D eigenvalue weighted by Gasteiger charge is -2.20. The first-order chi connectivity index (χ1) is 16.4. The first-order valence-corrected chi connectivity index (χ1v) is 11.8. The lowest BCUT2D eigenvalue weighted by Crippen LogP contribution is -2.31. The molecule has 0 aliphatic heterocycles. The van der Waals surface area contributed by atoms with Gasteiger partial charge in [-0.2, -0.15) is 0 Å². The molecule has 3 aromatic rings. The van der Waals surface area contributed by atoms with Crippen LogP contribution < -0.4 is 10.1 Å². The van der Waals surface area contributed by atoms with Crippen LogP contribution in [0.5, 0.6) is 5.75 Å². The molecule has 34 heavy (non-hydrogen) atoms. The van der Waals surface area contributed by atoms with Crippen molar-refractivity contribution >= 4 is 16.8 Å². The Morgan fingerprint density at radius 3 is 2.56 bits per heavy atom. The number of rotatable bonds is 8. The first-order valence-electron chi connectivity index (χ1n) is 11.8. The maximum absolute atomic E-state index is 13.7. The van der Waals surface area contributed by atoms with E-state index in [4.69, 9.17) is 4.74 Å². The smallest absolute Gasteiger partial charge is 0.227 e. The molecule has 0 saturated heterocycles. The van der Waals surface area contributed by atoms with E-state index in [1.165, 1.54) is 24.3 Å². The van der Waals surface area contributed by atoms with Gasteiger partial charge in [0.1, 0.15) is 17.4 Å². The van der Waals surface area contributed by atoms with Crippen molar-refractivity contribution in [1.29, 1.82) is 0 Å². The maximum Gasteiger partial charge on any atom is 0.227 e. The summed E-state index contributed by atoms with van der Waals surface area (Å²) in [5, 5.41) is 3.65. The zero-order valence-corrected chi connectivity index (χ0v) is 19.1. The van der Waals surface area contributed by atoms with Crippen LogP contribution in [0.2, 0.25) is 0 Å².